The summed E-state index contributed by atoms with van der Waals surface area (Å²) in [6, 6.07) is 6.23. The molecule has 0 unspecified atom stereocenters. The Kier molecular flexibility index (Phi) is 4.43. The van der Waals surface area contributed by atoms with E-state index in [0.717, 1.165) is 42.8 Å². The number of piperidine rings is 1. The lowest BCUT2D eigenvalue weighted by Gasteiger charge is -2.30. The maximum Gasteiger partial charge on any atom is 0.320 e. The summed E-state index contributed by atoms with van der Waals surface area (Å²) in [7, 11) is 0. The van der Waals surface area contributed by atoms with Crippen molar-refractivity contribution in [3.63, 3.8) is 0 Å². The number of H-pyrrole nitrogens is 1. The van der Waals surface area contributed by atoms with Crippen LogP contribution in [0.2, 0.25) is 0 Å². The monoisotopic (exact) mass is 301 g/mol. The summed E-state index contributed by atoms with van der Waals surface area (Å²) in [6.07, 6.45) is 2.05. The van der Waals surface area contributed by atoms with Crippen molar-refractivity contribution in [1.82, 2.24) is 14.9 Å². The number of aromatic amines is 1. The molecular weight excluding hydrogens is 278 g/mol. The number of nitrogens with one attached hydrogen (secondary N) is 1. The van der Waals surface area contributed by atoms with Crippen LogP contribution in [0.5, 0.6) is 0 Å². The van der Waals surface area contributed by atoms with Crippen molar-refractivity contribution < 1.29 is 9.53 Å². The van der Waals surface area contributed by atoms with Crippen LogP contribution in [0.15, 0.2) is 18.2 Å². The van der Waals surface area contributed by atoms with Crippen molar-refractivity contribution >= 4 is 17.0 Å². The van der Waals surface area contributed by atoms with Crippen LogP contribution in [-0.4, -0.2) is 47.1 Å². The van der Waals surface area contributed by atoms with Gasteiger partial charge in [0.15, 0.2) is 0 Å². The smallest absolute Gasteiger partial charge is 0.320 e. The van der Waals surface area contributed by atoms with Crippen molar-refractivity contribution in [3.05, 3.63) is 29.6 Å². The lowest BCUT2D eigenvalue weighted by molar-refractivity contribution is -0.144. The highest BCUT2D eigenvalue weighted by Crippen LogP contribution is 2.28. The predicted octanol–water partition coefficient (Wildman–Crippen LogP) is 2.61. The molecule has 118 valence electrons. The molecule has 0 atom stereocenters. The van der Waals surface area contributed by atoms with E-state index in [1.807, 2.05) is 6.92 Å². The number of para-hydroxylation sites is 1. The van der Waals surface area contributed by atoms with Gasteiger partial charge in [0.2, 0.25) is 0 Å². The summed E-state index contributed by atoms with van der Waals surface area (Å²) in [5.74, 6) is 1.41. The van der Waals surface area contributed by atoms with E-state index in [0.29, 0.717) is 19.1 Å². The van der Waals surface area contributed by atoms with Gasteiger partial charge in [-0.25, -0.2) is 4.98 Å². The van der Waals surface area contributed by atoms with E-state index in [1.165, 1.54) is 5.56 Å². The number of likely N-dealkylation sites (tertiary alicyclic amines) is 1. The number of esters is 1. The summed E-state index contributed by atoms with van der Waals surface area (Å²) in [5.41, 5.74) is 3.40. The van der Waals surface area contributed by atoms with Crippen LogP contribution < -0.4 is 0 Å². The quantitative estimate of drug-likeness (QED) is 0.882. The van der Waals surface area contributed by atoms with E-state index in [4.69, 9.17) is 9.72 Å². The van der Waals surface area contributed by atoms with Crippen LogP contribution in [0.1, 0.15) is 37.1 Å². The van der Waals surface area contributed by atoms with Crippen LogP contribution in [0.25, 0.3) is 11.0 Å². The molecule has 1 aromatic carbocycles. The Morgan fingerprint density at radius 1 is 1.41 bits per heavy atom. The van der Waals surface area contributed by atoms with Gasteiger partial charge in [-0.2, -0.15) is 0 Å². The zero-order valence-electron chi connectivity index (χ0n) is 13.3. The van der Waals surface area contributed by atoms with Crippen LogP contribution in [0, 0.1) is 6.92 Å². The first-order chi connectivity index (χ1) is 10.7. The molecule has 0 saturated carbocycles. The van der Waals surface area contributed by atoms with Gasteiger partial charge in [-0.15, -0.1) is 0 Å². The van der Waals surface area contributed by atoms with Crippen molar-refractivity contribution in [1.29, 1.82) is 0 Å². The number of carbonyl (C=O) groups is 1. The third-order valence-corrected chi connectivity index (χ3v) is 4.37. The molecule has 2 aromatic rings. The third-order valence-electron chi connectivity index (χ3n) is 4.37. The fourth-order valence-corrected chi connectivity index (χ4v) is 3.14. The summed E-state index contributed by atoms with van der Waals surface area (Å²) in [5, 5.41) is 0. The lowest BCUT2D eigenvalue weighted by Crippen LogP contribution is -2.37. The van der Waals surface area contributed by atoms with Gasteiger partial charge in [0.05, 0.1) is 24.2 Å². The van der Waals surface area contributed by atoms with E-state index < -0.39 is 0 Å². The molecule has 0 radical (unpaired) electrons. The maximum absolute atomic E-state index is 11.5. The molecular formula is C17H23N3O2. The Morgan fingerprint density at radius 3 is 2.86 bits per heavy atom. The molecule has 1 aromatic heterocycles. The summed E-state index contributed by atoms with van der Waals surface area (Å²) >= 11 is 0. The second-order valence-corrected chi connectivity index (χ2v) is 5.95. The predicted molar refractivity (Wildman–Crippen MR) is 85.9 cm³/mol. The summed E-state index contributed by atoms with van der Waals surface area (Å²) in [6.45, 7) is 6.62. The Balaban J connectivity index is 1.63. The Labute approximate surface area is 130 Å². The molecule has 1 fully saturated rings. The van der Waals surface area contributed by atoms with Crippen molar-refractivity contribution in [3.8, 4) is 0 Å². The highest BCUT2D eigenvalue weighted by Gasteiger charge is 2.24. The SMILES string of the molecule is CCOC(=O)CN1CCC(c2nc3c(C)cccc3[nH]2)CC1. The lowest BCUT2D eigenvalue weighted by atomic mass is 9.96. The van der Waals surface area contributed by atoms with Crippen LogP contribution in [-0.2, 0) is 9.53 Å². The minimum atomic E-state index is -0.125. The van der Waals surface area contributed by atoms with E-state index in [-0.39, 0.29) is 5.97 Å². The molecule has 3 rings (SSSR count). The van der Waals surface area contributed by atoms with Crippen LogP contribution >= 0.6 is 0 Å². The molecule has 0 spiro atoms. The highest BCUT2D eigenvalue weighted by atomic mass is 16.5. The van der Waals surface area contributed by atoms with Gasteiger partial charge in [0, 0.05) is 5.92 Å². The van der Waals surface area contributed by atoms with Gasteiger partial charge < -0.3 is 9.72 Å². The molecule has 5 nitrogen and oxygen atoms in total. The van der Waals surface area contributed by atoms with Gasteiger partial charge in [-0.05, 0) is 51.4 Å². The normalized spacial score (nSPS) is 17.0. The number of imidazole rings is 1. The Bertz CT molecular complexity index is 657. The average molecular weight is 301 g/mol. The van der Waals surface area contributed by atoms with Gasteiger partial charge in [-0.1, -0.05) is 12.1 Å². The molecule has 0 aliphatic carbocycles. The maximum atomic E-state index is 11.5. The number of nitrogens with zero attached hydrogens (tertiary/aromatic N) is 2. The fourth-order valence-electron chi connectivity index (χ4n) is 3.14. The van der Waals surface area contributed by atoms with Gasteiger partial charge in [-0.3, -0.25) is 9.69 Å². The minimum Gasteiger partial charge on any atom is -0.465 e. The van der Waals surface area contributed by atoms with Crippen molar-refractivity contribution in [2.24, 2.45) is 0 Å². The van der Waals surface area contributed by atoms with Crippen molar-refractivity contribution in [2.75, 3.05) is 26.2 Å². The molecule has 1 aliphatic heterocycles. The first kappa shape index (κ1) is 15.0. The Morgan fingerprint density at radius 2 is 2.18 bits per heavy atom. The second kappa shape index (κ2) is 6.48. The molecule has 1 saturated heterocycles. The number of ether oxygens (including phenoxy) is 1. The molecule has 0 bridgehead atoms. The number of rotatable bonds is 4. The number of hydrogen-bond acceptors (Lipinski definition) is 4. The average Bonchev–Trinajstić information content (AvgIpc) is 2.94. The number of aromatic nitrogens is 2. The molecule has 5 heteroatoms. The Hall–Kier alpha value is -1.88. The van der Waals surface area contributed by atoms with Gasteiger partial charge in [0.1, 0.15) is 5.82 Å². The second-order valence-electron chi connectivity index (χ2n) is 5.95. The zero-order chi connectivity index (χ0) is 15.5. The molecule has 2 heterocycles. The number of carbonyl (C=O) groups excluding carboxylic acids is 1. The van der Waals surface area contributed by atoms with Crippen LogP contribution in [0.4, 0.5) is 0 Å². The standard InChI is InChI=1S/C17H23N3O2/c1-3-22-15(21)11-20-9-7-13(8-10-20)17-18-14-6-4-5-12(2)16(14)19-17/h4-6,13H,3,7-11H2,1-2H3,(H,18,19). The van der Waals surface area contributed by atoms with E-state index in [1.54, 1.807) is 0 Å². The first-order valence-electron chi connectivity index (χ1n) is 8.00. The molecule has 22 heavy (non-hydrogen) atoms. The number of benzene rings is 1. The summed E-state index contributed by atoms with van der Waals surface area (Å²) < 4.78 is 5.01. The van der Waals surface area contributed by atoms with E-state index in [9.17, 15) is 4.79 Å². The minimum absolute atomic E-state index is 0.125. The zero-order valence-corrected chi connectivity index (χ0v) is 13.3. The molecule has 0 amide bonds. The number of hydrogen-bond donors (Lipinski definition) is 1. The van der Waals surface area contributed by atoms with Gasteiger partial charge in [0.25, 0.3) is 0 Å². The van der Waals surface area contributed by atoms with Crippen LogP contribution in [0.3, 0.4) is 0 Å². The van der Waals surface area contributed by atoms with E-state index >= 15 is 0 Å². The topological polar surface area (TPSA) is 58.2 Å². The largest absolute Gasteiger partial charge is 0.465 e. The highest BCUT2D eigenvalue weighted by molar-refractivity contribution is 5.78. The third kappa shape index (κ3) is 3.14. The van der Waals surface area contributed by atoms with Gasteiger partial charge >= 0.3 is 5.97 Å². The first-order valence-corrected chi connectivity index (χ1v) is 8.00. The molecule has 1 N–H and O–H groups in total. The fraction of sp³-hybridized carbons (Fsp3) is 0.529. The van der Waals surface area contributed by atoms with E-state index in [2.05, 4.69) is 35.0 Å². The number of fused-ring (bicyclic) bond motifs is 1. The molecule has 1 aliphatic rings. The summed E-state index contributed by atoms with van der Waals surface area (Å²) in [4.78, 5) is 22.0. The number of aryl methyl sites for hydroxylation is 1. The van der Waals surface area contributed by atoms with Crippen molar-refractivity contribution in [2.45, 2.75) is 32.6 Å².